The Kier molecular flexibility index (Phi) is 8.87. The molecule has 1 atom stereocenters. The molecule has 0 saturated heterocycles. The van der Waals surface area contributed by atoms with E-state index in [9.17, 15) is 0 Å². The molecule has 0 bridgehead atoms. The summed E-state index contributed by atoms with van der Waals surface area (Å²) in [5, 5.41) is 0.277. The first-order valence-corrected chi connectivity index (χ1v) is 17.2. The molecule has 0 aliphatic heterocycles. The average molecular weight is 524 g/mol. The van der Waals surface area contributed by atoms with Gasteiger partial charge in [-0.3, -0.25) is 0 Å². The van der Waals surface area contributed by atoms with Crippen molar-refractivity contribution >= 4 is 33.8 Å². The molecule has 1 heterocycles. The van der Waals surface area contributed by atoms with E-state index in [1.807, 2.05) is 12.1 Å². The van der Waals surface area contributed by atoms with Gasteiger partial charge >= 0.3 is 183 Å². The van der Waals surface area contributed by atoms with E-state index in [-0.39, 0.29) is 5.00 Å². The molecule has 5 heteroatoms. The van der Waals surface area contributed by atoms with Crippen LogP contribution in [0.2, 0.25) is 0 Å². The van der Waals surface area contributed by atoms with Crippen molar-refractivity contribution in [2.24, 2.45) is 0 Å². The summed E-state index contributed by atoms with van der Waals surface area (Å²) >= 11 is 4.12. The van der Waals surface area contributed by atoms with Crippen molar-refractivity contribution in [1.82, 2.24) is 0 Å². The van der Waals surface area contributed by atoms with Crippen LogP contribution in [0.4, 0.5) is 0 Å². The molecule has 0 amide bonds. The van der Waals surface area contributed by atoms with Crippen LogP contribution in [0.3, 0.4) is 0 Å². The van der Waals surface area contributed by atoms with Gasteiger partial charge < -0.3 is 0 Å². The minimum atomic E-state index is -1.18. The second-order valence-corrected chi connectivity index (χ2v) is 24.6. The van der Waals surface area contributed by atoms with Gasteiger partial charge in [0.05, 0.1) is 0 Å². The third-order valence-electron chi connectivity index (χ3n) is 4.55. The summed E-state index contributed by atoms with van der Waals surface area (Å²) in [6.45, 7) is 2.79. The Bertz CT molecular complexity index is 803. The predicted molar refractivity (Wildman–Crippen MR) is 121 cm³/mol. The molecule has 1 unspecified atom stereocenters. The first kappa shape index (κ1) is 21.8. The topological polar surface area (TPSA) is 22.4 Å². The Morgan fingerprint density at radius 1 is 0.893 bits per heavy atom. The molecule has 0 aliphatic carbocycles. The van der Waals surface area contributed by atoms with Crippen molar-refractivity contribution in [1.29, 1.82) is 0 Å². The zero-order chi connectivity index (χ0) is 19.7. The molecule has 3 rings (SSSR count). The van der Waals surface area contributed by atoms with E-state index in [0.717, 1.165) is 18.6 Å². The minimum absolute atomic E-state index is 0.277. The van der Waals surface area contributed by atoms with E-state index in [0.29, 0.717) is 21.1 Å². The van der Waals surface area contributed by atoms with Crippen molar-refractivity contribution in [3.63, 3.8) is 0 Å². The van der Waals surface area contributed by atoms with E-state index in [2.05, 4.69) is 82.7 Å². The first-order chi connectivity index (χ1) is 13.6. The van der Waals surface area contributed by atoms with Crippen LogP contribution in [0, 0.1) is 0 Å². The Hall–Kier alpha value is -0.851. The van der Waals surface area contributed by atoms with Crippen molar-refractivity contribution in [2.75, 3.05) is 12.3 Å². The molecule has 2 aromatic carbocycles. The fraction of sp³-hybridized carbons (Fsp3) is 0.304. The molecular weight excluding hydrogens is 497 g/mol. The Balaban J connectivity index is 1.61. The molecule has 28 heavy (non-hydrogen) atoms. The summed E-state index contributed by atoms with van der Waals surface area (Å²) in [5.74, 6) is 0.903. The maximum absolute atomic E-state index is 6.13. The Morgan fingerprint density at radius 3 is 1.96 bits per heavy atom. The molecule has 1 aromatic heterocycles. The van der Waals surface area contributed by atoms with Crippen molar-refractivity contribution in [3.05, 3.63) is 95.9 Å². The second kappa shape index (κ2) is 11.4. The fourth-order valence-corrected chi connectivity index (χ4v) is 16.8. The molecule has 148 valence electrons. The zero-order valence-electron chi connectivity index (χ0n) is 16.2. The van der Waals surface area contributed by atoms with E-state index < -0.39 is 4.20 Å². The van der Waals surface area contributed by atoms with E-state index in [4.69, 9.17) is 9.15 Å². The van der Waals surface area contributed by atoms with Crippen LogP contribution >= 0.6 is 4.20 Å². The summed E-state index contributed by atoms with van der Waals surface area (Å²) in [5.41, 5.74) is 2.86. The van der Waals surface area contributed by atoms with Crippen molar-refractivity contribution in [3.8, 4) is 0 Å². The summed E-state index contributed by atoms with van der Waals surface area (Å²) in [6.07, 6.45) is 6.49. The van der Waals surface area contributed by atoms with Gasteiger partial charge in [-0.25, -0.2) is 0 Å². The monoisotopic (exact) mass is 526 g/mol. The zero-order valence-corrected chi connectivity index (χ0v) is 20.5. The number of ether oxygens (including phenoxy) is 1. The molecule has 0 N–H and O–H groups in total. The van der Waals surface area contributed by atoms with Crippen LogP contribution < -0.4 is 0 Å². The summed E-state index contributed by atoms with van der Waals surface area (Å²) in [7, 11) is 0. The number of hydrogen-bond donors (Lipinski definition) is 0. The van der Waals surface area contributed by atoms with Gasteiger partial charge in [0.15, 0.2) is 0 Å². The van der Waals surface area contributed by atoms with Crippen LogP contribution in [0.1, 0.15) is 23.8 Å². The van der Waals surface area contributed by atoms with Gasteiger partial charge in [-0.2, -0.15) is 0 Å². The Morgan fingerprint density at radius 2 is 1.46 bits per heavy atom. The third kappa shape index (κ3) is 7.52. The van der Waals surface area contributed by atoms with Crippen LogP contribution in [-0.2, 0) is 24.2 Å². The Labute approximate surface area is 182 Å². The normalized spacial score (nSPS) is 12.8. The van der Waals surface area contributed by atoms with E-state index >= 15 is 0 Å². The van der Waals surface area contributed by atoms with Gasteiger partial charge in [0.2, 0.25) is 0 Å². The molecule has 0 fully saturated rings. The predicted octanol–water partition coefficient (Wildman–Crippen LogP) is 5.35. The van der Waals surface area contributed by atoms with Gasteiger partial charge in [0.1, 0.15) is 0 Å². The van der Waals surface area contributed by atoms with Gasteiger partial charge in [-0.1, -0.05) is 0 Å². The van der Waals surface area contributed by atoms with Crippen molar-refractivity contribution < 1.29 is 9.15 Å². The van der Waals surface area contributed by atoms with Crippen LogP contribution in [-0.4, -0.2) is 46.9 Å². The number of hydrogen-bond acceptors (Lipinski definition) is 2. The molecule has 0 aliphatic rings. The molecule has 3 aromatic rings. The van der Waals surface area contributed by atoms with Gasteiger partial charge in [-0.05, 0) is 0 Å². The van der Waals surface area contributed by atoms with E-state index in [1.165, 1.54) is 23.5 Å². The fourth-order valence-electron chi connectivity index (χ4n) is 3.00. The van der Waals surface area contributed by atoms with Crippen LogP contribution in [0.5, 0.6) is 0 Å². The summed E-state index contributed by atoms with van der Waals surface area (Å²) in [4.78, 5) is 0. The third-order valence-corrected chi connectivity index (χ3v) is 19.0. The molecule has 2 nitrogen and oxygen atoms in total. The van der Waals surface area contributed by atoms with Gasteiger partial charge in [0, 0.05) is 0 Å². The van der Waals surface area contributed by atoms with Crippen LogP contribution in [0.15, 0.2) is 83.5 Å². The summed E-state index contributed by atoms with van der Waals surface area (Å²) in [6, 6.07) is 25.6. The number of aryl methyl sites for hydroxylation is 2. The standard InChI is InChI=1S/C23H27O2PSe2/c1-20(25-19-23-13-8-16-24-23)28-26(27,17-14-21-9-4-2-5-10-21)18-15-22-11-6-3-7-12-22/h2-13,16,20H,14-15,17-19H2,1H3. The number of benzene rings is 2. The molecule has 0 saturated carbocycles. The maximum atomic E-state index is 6.13. The van der Waals surface area contributed by atoms with Gasteiger partial charge in [0.25, 0.3) is 0 Å². The first-order valence-electron chi connectivity index (χ1n) is 9.61. The van der Waals surface area contributed by atoms with Crippen LogP contribution in [0.25, 0.3) is 0 Å². The molecular formula is C23H27O2PSe2. The quantitative estimate of drug-likeness (QED) is 0.250. The molecule has 0 radical (unpaired) electrons. The van der Waals surface area contributed by atoms with E-state index in [1.54, 1.807) is 6.26 Å². The van der Waals surface area contributed by atoms with Crippen molar-refractivity contribution in [2.45, 2.75) is 31.4 Å². The van der Waals surface area contributed by atoms with Gasteiger partial charge in [-0.15, -0.1) is 0 Å². The number of rotatable bonds is 11. The average Bonchev–Trinajstić information content (AvgIpc) is 3.25. The second-order valence-electron chi connectivity index (χ2n) is 6.80. The molecule has 0 spiro atoms. The number of furan rings is 1. The summed E-state index contributed by atoms with van der Waals surface area (Å²) < 4.78 is 10.4. The SMILES string of the molecule is CC(OCc1ccco1)[Se]P(=[Se])(CCc1ccccc1)CCc1ccccc1.